The number of carbonyl (C=O) groups is 1. The van der Waals surface area contributed by atoms with Crippen LogP contribution in [0.5, 0.6) is 0 Å². The highest BCUT2D eigenvalue weighted by Crippen LogP contribution is 2.21. The molecule has 1 amide bonds. The van der Waals surface area contributed by atoms with Crippen LogP contribution < -0.4 is 10.6 Å². The number of aromatic nitrogens is 1. The maximum absolute atomic E-state index is 12.0. The molecule has 0 radical (unpaired) electrons. The SMILES string of the molecule is O=C(Nc1ccc(NC2CCCCC2)cn1)c1ccccc1. The van der Waals surface area contributed by atoms with E-state index >= 15 is 0 Å². The summed E-state index contributed by atoms with van der Waals surface area (Å²) < 4.78 is 0. The average Bonchev–Trinajstić information content (AvgIpc) is 2.58. The van der Waals surface area contributed by atoms with Crippen LogP contribution in [-0.2, 0) is 0 Å². The van der Waals surface area contributed by atoms with Gasteiger partial charge >= 0.3 is 0 Å². The molecule has 0 unspecified atom stereocenters. The lowest BCUT2D eigenvalue weighted by Crippen LogP contribution is -2.22. The number of anilines is 2. The van der Waals surface area contributed by atoms with Crippen LogP contribution in [0.25, 0.3) is 0 Å². The van der Waals surface area contributed by atoms with Crippen molar-refractivity contribution in [3.63, 3.8) is 0 Å². The van der Waals surface area contributed by atoms with E-state index in [4.69, 9.17) is 0 Å². The lowest BCUT2D eigenvalue weighted by atomic mass is 9.95. The molecule has 0 spiro atoms. The summed E-state index contributed by atoms with van der Waals surface area (Å²) in [7, 11) is 0. The van der Waals surface area contributed by atoms with Crippen molar-refractivity contribution in [1.29, 1.82) is 0 Å². The second-order valence-corrected chi connectivity index (χ2v) is 5.73. The molecule has 3 rings (SSSR count). The number of nitrogens with one attached hydrogen (secondary N) is 2. The molecule has 1 fully saturated rings. The number of rotatable bonds is 4. The first-order chi connectivity index (χ1) is 10.8. The molecule has 0 aliphatic heterocycles. The van der Waals surface area contributed by atoms with Crippen LogP contribution in [0, 0.1) is 0 Å². The first-order valence-electron chi connectivity index (χ1n) is 7.90. The zero-order chi connectivity index (χ0) is 15.2. The fraction of sp³-hybridized carbons (Fsp3) is 0.333. The van der Waals surface area contributed by atoms with Gasteiger partial charge in [0.1, 0.15) is 5.82 Å². The Morgan fingerprint density at radius 1 is 1.00 bits per heavy atom. The number of pyridine rings is 1. The van der Waals surface area contributed by atoms with E-state index in [-0.39, 0.29) is 5.91 Å². The van der Waals surface area contributed by atoms with E-state index in [9.17, 15) is 4.79 Å². The Bertz CT molecular complexity index is 604. The maximum Gasteiger partial charge on any atom is 0.256 e. The van der Waals surface area contributed by atoms with Crippen LogP contribution in [0.15, 0.2) is 48.7 Å². The molecule has 114 valence electrons. The maximum atomic E-state index is 12.0. The summed E-state index contributed by atoms with van der Waals surface area (Å²) in [4.78, 5) is 16.4. The Morgan fingerprint density at radius 3 is 2.45 bits per heavy atom. The molecule has 2 N–H and O–H groups in total. The molecule has 0 saturated heterocycles. The molecule has 2 aromatic rings. The van der Waals surface area contributed by atoms with Crippen LogP contribution in [-0.4, -0.2) is 16.9 Å². The Morgan fingerprint density at radius 2 is 1.77 bits per heavy atom. The lowest BCUT2D eigenvalue weighted by molar-refractivity contribution is 0.102. The van der Waals surface area contributed by atoms with E-state index in [1.54, 1.807) is 18.3 Å². The molecule has 0 atom stereocenters. The van der Waals surface area contributed by atoms with Gasteiger partial charge in [-0.1, -0.05) is 37.5 Å². The minimum atomic E-state index is -0.138. The zero-order valence-corrected chi connectivity index (χ0v) is 12.6. The highest BCUT2D eigenvalue weighted by atomic mass is 16.1. The number of hydrogen-bond donors (Lipinski definition) is 2. The van der Waals surface area contributed by atoms with E-state index in [2.05, 4.69) is 15.6 Å². The second-order valence-electron chi connectivity index (χ2n) is 5.73. The van der Waals surface area contributed by atoms with E-state index < -0.39 is 0 Å². The Hall–Kier alpha value is -2.36. The minimum absolute atomic E-state index is 0.138. The van der Waals surface area contributed by atoms with Crippen LogP contribution in [0.4, 0.5) is 11.5 Å². The molecular weight excluding hydrogens is 274 g/mol. The van der Waals surface area contributed by atoms with E-state index in [0.717, 1.165) is 5.69 Å². The van der Waals surface area contributed by atoms with E-state index in [1.165, 1.54) is 32.1 Å². The third kappa shape index (κ3) is 3.85. The van der Waals surface area contributed by atoms with Gasteiger partial charge in [-0.25, -0.2) is 4.98 Å². The summed E-state index contributed by atoms with van der Waals surface area (Å²) in [5, 5.41) is 6.33. The van der Waals surface area contributed by atoms with Gasteiger partial charge in [0.15, 0.2) is 0 Å². The molecule has 4 nitrogen and oxygen atoms in total. The molecule has 1 saturated carbocycles. The van der Waals surface area contributed by atoms with Crippen molar-refractivity contribution in [2.75, 3.05) is 10.6 Å². The molecular formula is C18H21N3O. The summed E-state index contributed by atoms with van der Waals surface area (Å²) in [5.41, 5.74) is 1.65. The van der Waals surface area contributed by atoms with Gasteiger partial charge in [0.2, 0.25) is 0 Å². The van der Waals surface area contributed by atoms with Gasteiger partial charge in [-0.05, 0) is 37.1 Å². The summed E-state index contributed by atoms with van der Waals surface area (Å²) in [5.74, 6) is 0.434. The third-order valence-electron chi connectivity index (χ3n) is 4.02. The summed E-state index contributed by atoms with van der Waals surface area (Å²) in [6, 6.07) is 13.5. The number of benzene rings is 1. The van der Waals surface area contributed by atoms with Crippen molar-refractivity contribution in [2.45, 2.75) is 38.1 Å². The lowest BCUT2D eigenvalue weighted by Gasteiger charge is -2.23. The zero-order valence-electron chi connectivity index (χ0n) is 12.6. The fourth-order valence-corrected chi connectivity index (χ4v) is 2.81. The largest absolute Gasteiger partial charge is 0.381 e. The molecule has 22 heavy (non-hydrogen) atoms. The number of hydrogen-bond acceptors (Lipinski definition) is 3. The van der Waals surface area contributed by atoms with Crippen LogP contribution in [0.2, 0.25) is 0 Å². The van der Waals surface area contributed by atoms with Gasteiger partial charge in [0, 0.05) is 11.6 Å². The van der Waals surface area contributed by atoms with Gasteiger partial charge in [-0.15, -0.1) is 0 Å². The predicted molar refractivity (Wildman–Crippen MR) is 89.1 cm³/mol. The van der Waals surface area contributed by atoms with Crippen molar-refractivity contribution in [2.24, 2.45) is 0 Å². The standard InChI is InChI=1S/C18H21N3O/c22-18(14-7-3-1-4-8-14)21-17-12-11-16(13-19-17)20-15-9-5-2-6-10-15/h1,3-4,7-8,11-13,15,20H,2,5-6,9-10H2,(H,19,21,22). The third-order valence-corrected chi connectivity index (χ3v) is 4.02. The highest BCUT2D eigenvalue weighted by Gasteiger charge is 2.13. The first kappa shape index (κ1) is 14.6. The number of carbonyl (C=O) groups excluding carboxylic acids is 1. The smallest absolute Gasteiger partial charge is 0.256 e. The Kier molecular flexibility index (Phi) is 4.68. The predicted octanol–water partition coefficient (Wildman–Crippen LogP) is 4.08. The van der Waals surface area contributed by atoms with Crippen molar-refractivity contribution < 1.29 is 4.79 Å². The normalized spacial score (nSPS) is 15.3. The Labute approximate surface area is 131 Å². The molecule has 1 heterocycles. The monoisotopic (exact) mass is 295 g/mol. The topological polar surface area (TPSA) is 54.0 Å². The summed E-state index contributed by atoms with van der Waals surface area (Å²) in [6.07, 6.45) is 8.20. The van der Waals surface area contributed by atoms with E-state index in [1.807, 2.05) is 30.3 Å². The average molecular weight is 295 g/mol. The molecule has 1 aliphatic carbocycles. The van der Waals surface area contributed by atoms with Crippen molar-refractivity contribution in [3.05, 3.63) is 54.2 Å². The van der Waals surface area contributed by atoms with E-state index in [0.29, 0.717) is 17.4 Å². The van der Waals surface area contributed by atoms with Gasteiger partial charge in [-0.3, -0.25) is 4.79 Å². The fourth-order valence-electron chi connectivity index (χ4n) is 2.81. The molecule has 1 aromatic heterocycles. The van der Waals surface area contributed by atoms with Crippen LogP contribution in [0.1, 0.15) is 42.5 Å². The number of amides is 1. The second kappa shape index (κ2) is 7.07. The molecule has 1 aromatic carbocycles. The molecule has 4 heteroatoms. The van der Waals surface area contributed by atoms with Gasteiger partial charge in [0.05, 0.1) is 11.9 Å². The van der Waals surface area contributed by atoms with Crippen LogP contribution >= 0.6 is 0 Å². The highest BCUT2D eigenvalue weighted by molar-refractivity contribution is 6.03. The first-order valence-corrected chi connectivity index (χ1v) is 7.90. The number of nitrogens with zero attached hydrogens (tertiary/aromatic N) is 1. The van der Waals surface area contributed by atoms with Crippen molar-refractivity contribution in [1.82, 2.24) is 4.98 Å². The van der Waals surface area contributed by atoms with Gasteiger partial charge < -0.3 is 10.6 Å². The van der Waals surface area contributed by atoms with Gasteiger partial charge in [0.25, 0.3) is 5.91 Å². The van der Waals surface area contributed by atoms with Crippen molar-refractivity contribution >= 4 is 17.4 Å². The van der Waals surface area contributed by atoms with Gasteiger partial charge in [-0.2, -0.15) is 0 Å². The summed E-state index contributed by atoms with van der Waals surface area (Å²) >= 11 is 0. The minimum Gasteiger partial charge on any atom is -0.381 e. The Balaban J connectivity index is 1.58. The van der Waals surface area contributed by atoms with Crippen molar-refractivity contribution in [3.8, 4) is 0 Å². The molecule has 0 bridgehead atoms. The quantitative estimate of drug-likeness (QED) is 0.893. The van der Waals surface area contributed by atoms with Crippen LogP contribution in [0.3, 0.4) is 0 Å². The molecule has 1 aliphatic rings. The summed E-state index contributed by atoms with van der Waals surface area (Å²) in [6.45, 7) is 0.